The van der Waals surface area contributed by atoms with Gasteiger partial charge in [-0.25, -0.2) is 0 Å². The number of anilines is 1. The fraction of sp³-hybridized carbons (Fsp3) is 0.556. The molecule has 1 aromatic carbocycles. The van der Waals surface area contributed by atoms with E-state index in [2.05, 4.69) is 4.90 Å². The number of carbonyl (C=O) groups excluding carboxylic acids is 2. The molecular formula is C18H27N3O3. The van der Waals surface area contributed by atoms with E-state index in [0.29, 0.717) is 24.5 Å². The van der Waals surface area contributed by atoms with E-state index in [1.165, 1.54) is 11.8 Å². The second-order valence-electron chi connectivity index (χ2n) is 6.42. The largest absolute Gasteiger partial charge is 0.489 e. The Hall–Kier alpha value is -2.08. The van der Waals surface area contributed by atoms with Crippen molar-refractivity contribution < 1.29 is 14.3 Å². The van der Waals surface area contributed by atoms with E-state index in [1.807, 2.05) is 50.1 Å². The highest BCUT2D eigenvalue weighted by molar-refractivity contribution is 5.98. The smallest absolute Gasteiger partial charge is 0.242 e. The van der Waals surface area contributed by atoms with Crippen LogP contribution in [0.5, 0.6) is 5.75 Å². The number of ether oxygens (including phenoxy) is 1. The Morgan fingerprint density at radius 2 is 1.79 bits per heavy atom. The summed E-state index contributed by atoms with van der Waals surface area (Å²) in [6.07, 6.45) is -0.00621. The van der Waals surface area contributed by atoms with Crippen LogP contribution in [0.1, 0.15) is 20.8 Å². The number of piperazine rings is 1. The highest BCUT2D eigenvalue weighted by Crippen LogP contribution is 2.29. The third kappa shape index (κ3) is 4.71. The van der Waals surface area contributed by atoms with E-state index < -0.39 is 0 Å². The van der Waals surface area contributed by atoms with Crippen molar-refractivity contribution in [1.29, 1.82) is 0 Å². The van der Waals surface area contributed by atoms with Crippen LogP contribution in [0, 0.1) is 0 Å². The molecule has 6 heteroatoms. The van der Waals surface area contributed by atoms with Gasteiger partial charge in [0, 0.05) is 33.1 Å². The average molecular weight is 333 g/mol. The fourth-order valence-electron chi connectivity index (χ4n) is 2.69. The number of rotatable bonds is 5. The summed E-state index contributed by atoms with van der Waals surface area (Å²) in [6.45, 7) is 8.50. The molecule has 1 aromatic rings. The van der Waals surface area contributed by atoms with Gasteiger partial charge in [-0.3, -0.25) is 14.5 Å². The number of nitrogens with zero attached hydrogens (tertiary/aromatic N) is 3. The van der Waals surface area contributed by atoms with Gasteiger partial charge >= 0.3 is 0 Å². The molecule has 2 amide bonds. The minimum absolute atomic E-state index is 0.00621. The number of hydrogen-bond acceptors (Lipinski definition) is 4. The minimum Gasteiger partial charge on any atom is -0.489 e. The first-order chi connectivity index (χ1) is 11.4. The quantitative estimate of drug-likeness (QED) is 0.821. The van der Waals surface area contributed by atoms with Gasteiger partial charge in [0.1, 0.15) is 12.3 Å². The zero-order chi connectivity index (χ0) is 17.7. The molecule has 6 nitrogen and oxygen atoms in total. The number of likely N-dealkylation sites (N-methyl/N-ethyl adjacent to an activating group) is 1. The maximum atomic E-state index is 12.6. The number of carbonyl (C=O) groups is 2. The van der Waals surface area contributed by atoms with Crippen molar-refractivity contribution >= 4 is 17.5 Å². The first-order valence-corrected chi connectivity index (χ1v) is 8.38. The molecule has 0 aromatic heterocycles. The molecular weight excluding hydrogens is 306 g/mol. The van der Waals surface area contributed by atoms with Crippen LogP contribution in [0.4, 0.5) is 5.69 Å². The van der Waals surface area contributed by atoms with E-state index in [-0.39, 0.29) is 24.5 Å². The summed E-state index contributed by atoms with van der Waals surface area (Å²) in [5, 5.41) is 0. The van der Waals surface area contributed by atoms with Crippen molar-refractivity contribution in [1.82, 2.24) is 9.80 Å². The third-order valence-electron chi connectivity index (χ3n) is 4.05. The Morgan fingerprint density at radius 3 is 2.38 bits per heavy atom. The molecule has 0 saturated carbocycles. The maximum absolute atomic E-state index is 12.6. The first kappa shape index (κ1) is 18.3. The fourth-order valence-corrected chi connectivity index (χ4v) is 2.69. The lowest BCUT2D eigenvalue weighted by Gasteiger charge is -2.34. The van der Waals surface area contributed by atoms with E-state index >= 15 is 0 Å². The number of benzene rings is 1. The van der Waals surface area contributed by atoms with Crippen LogP contribution in [0.2, 0.25) is 0 Å². The van der Waals surface area contributed by atoms with Crippen LogP contribution in [-0.2, 0) is 9.59 Å². The van der Waals surface area contributed by atoms with Crippen LogP contribution < -0.4 is 9.64 Å². The standard InChI is InChI=1S/C18H27N3O3/c1-14(2)24-17-8-6-5-7-16(17)21(15(3)22)13-18(23)20-11-9-19(4)10-12-20/h5-8,14H,9-13H2,1-4H3. The zero-order valence-corrected chi connectivity index (χ0v) is 15.0. The summed E-state index contributed by atoms with van der Waals surface area (Å²) in [4.78, 5) is 30.3. The van der Waals surface area contributed by atoms with Crippen LogP contribution in [0.3, 0.4) is 0 Å². The minimum atomic E-state index is -0.169. The van der Waals surface area contributed by atoms with Gasteiger partial charge in [-0.1, -0.05) is 12.1 Å². The summed E-state index contributed by atoms with van der Waals surface area (Å²) >= 11 is 0. The zero-order valence-electron chi connectivity index (χ0n) is 15.0. The van der Waals surface area contributed by atoms with Crippen molar-refractivity contribution in [2.45, 2.75) is 26.9 Å². The molecule has 0 unspecified atom stereocenters. The second kappa shape index (κ2) is 8.15. The van der Waals surface area contributed by atoms with Crippen molar-refractivity contribution in [2.24, 2.45) is 0 Å². The van der Waals surface area contributed by atoms with E-state index in [4.69, 9.17) is 4.74 Å². The molecule has 0 radical (unpaired) electrons. The van der Waals surface area contributed by atoms with Gasteiger partial charge in [-0.15, -0.1) is 0 Å². The van der Waals surface area contributed by atoms with Crippen LogP contribution in [-0.4, -0.2) is 67.5 Å². The summed E-state index contributed by atoms with van der Waals surface area (Å²) in [5.74, 6) is 0.420. The molecule has 24 heavy (non-hydrogen) atoms. The molecule has 0 spiro atoms. The lowest BCUT2D eigenvalue weighted by molar-refractivity contribution is -0.132. The predicted octanol–water partition coefficient (Wildman–Crippen LogP) is 1.60. The van der Waals surface area contributed by atoms with Gasteiger partial charge in [0.25, 0.3) is 0 Å². The Kier molecular flexibility index (Phi) is 6.20. The predicted molar refractivity (Wildman–Crippen MR) is 94.3 cm³/mol. The van der Waals surface area contributed by atoms with Gasteiger partial charge < -0.3 is 14.5 Å². The Bertz CT molecular complexity index is 581. The van der Waals surface area contributed by atoms with Crippen molar-refractivity contribution in [2.75, 3.05) is 44.7 Å². The summed E-state index contributed by atoms with van der Waals surface area (Å²) < 4.78 is 5.79. The Morgan fingerprint density at radius 1 is 1.17 bits per heavy atom. The highest BCUT2D eigenvalue weighted by atomic mass is 16.5. The van der Waals surface area contributed by atoms with Crippen LogP contribution in [0.25, 0.3) is 0 Å². The normalized spacial score (nSPS) is 15.5. The lowest BCUT2D eigenvalue weighted by atomic mass is 10.2. The van der Waals surface area contributed by atoms with Gasteiger partial charge in [0.2, 0.25) is 11.8 Å². The first-order valence-electron chi connectivity index (χ1n) is 8.38. The van der Waals surface area contributed by atoms with Gasteiger partial charge in [0.05, 0.1) is 11.8 Å². The SMILES string of the molecule is CC(=O)N(CC(=O)N1CCN(C)CC1)c1ccccc1OC(C)C. The summed E-state index contributed by atoms with van der Waals surface area (Å²) in [7, 11) is 2.04. The maximum Gasteiger partial charge on any atom is 0.242 e. The molecule has 1 aliphatic rings. The molecule has 1 aliphatic heterocycles. The van der Waals surface area contributed by atoms with E-state index in [0.717, 1.165) is 13.1 Å². The average Bonchev–Trinajstić information content (AvgIpc) is 2.53. The molecule has 0 aliphatic carbocycles. The molecule has 0 bridgehead atoms. The van der Waals surface area contributed by atoms with Crippen molar-refractivity contribution in [3.63, 3.8) is 0 Å². The van der Waals surface area contributed by atoms with Crippen LogP contribution in [0.15, 0.2) is 24.3 Å². The Labute approximate surface area is 144 Å². The lowest BCUT2D eigenvalue weighted by Crippen LogP contribution is -2.50. The number of para-hydroxylation sites is 2. The van der Waals surface area contributed by atoms with Gasteiger partial charge in [0.15, 0.2) is 0 Å². The number of hydrogen-bond donors (Lipinski definition) is 0. The monoisotopic (exact) mass is 333 g/mol. The van der Waals surface area contributed by atoms with Crippen molar-refractivity contribution in [3.05, 3.63) is 24.3 Å². The second-order valence-corrected chi connectivity index (χ2v) is 6.42. The molecule has 1 saturated heterocycles. The molecule has 0 N–H and O–H groups in total. The topological polar surface area (TPSA) is 53.1 Å². The van der Waals surface area contributed by atoms with Crippen LogP contribution >= 0.6 is 0 Å². The van der Waals surface area contributed by atoms with E-state index in [1.54, 1.807) is 0 Å². The highest BCUT2D eigenvalue weighted by Gasteiger charge is 2.24. The third-order valence-corrected chi connectivity index (χ3v) is 4.05. The molecule has 2 rings (SSSR count). The molecule has 0 atom stereocenters. The van der Waals surface area contributed by atoms with Crippen molar-refractivity contribution in [3.8, 4) is 5.75 Å². The molecule has 1 fully saturated rings. The van der Waals surface area contributed by atoms with Gasteiger partial charge in [-0.05, 0) is 33.0 Å². The Balaban J connectivity index is 2.15. The molecule has 132 valence electrons. The van der Waals surface area contributed by atoms with Gasteiger partial charge in [-0.2, -0.15) is 0 Å². The molecule has 1 heterocycles. The van der Waals surface area contributed by atoms with E-state index in [9.17, 15) is 9.59 Å². The number of amides is 2. The summed E-state index contributed by atoms with van der Waals surface area (Å²) in [5.41, 5.74) is 0.640. The summed E-state index contributed by atoms with van der Waals surface area (Å²) in [6, 6.07) is 7.35.